The maximum Gasteiger partial charge on any atom is 0.274 e. The molecule has 1 aliphatic heterocycles. The predicted molar refractivity (Wildman–Crippen MR) is 77.2 cm³/mol. The lowest BCUT2D eigenvalue weighted by atomic mass is 9.79. The zero-order chi connectivity index (χ0) is 14.6. The molecule has 4 rings (SSSR count). The summed E-state index contributed by atoms with van der Waals surface area (Å²) in [5.74, 6) is 0.524. The van der Waals surface area contributed by atoms with Crippen molar-refractivity contribution in [2.75, 3.05) is 13.1 Å². The molecule has 2 N–H and O–H groups in total. The molecule has 1 aliphatic carbocycles. The summed E-state index contributed by atoms with van der Waals surface area (Å²) in [4.78, 5) is 19.5. The lowest BCUT2D eigenvalue weighted by Crippen LogP contribution is -2.38. The average Bonchev–Trinajstić information content (AvgIpc) is 3.11. The van der Waals surface area contributed by atoms with Crippen molar-refractivity contribution >= 4 is 22.2 Å². The number of fused-ring (bicyclic) bond motifs is 2. The normalized spacial score (nSPS) is 32.6. The van der Waals surface area contributed by atoms with E-state index in [9.17, 15) is 15.0 Å². The highest BCUT2D eigenvalue weighted by atomic mass is 32.1. The minimum atomic E-state index is -0.653. The van der Waals surface area contributed by atoms with Crippen molar-refractivity contribution in [3.8, 4) is 0 Å². The summed E-state index contributed by atoms with van der Waals surface area (Å²) >= 11 is 1.50. The van der Waals surface area contributed by atoms with E-state index in [4.69, 9.17) is 0 Å². The molecule has 1 amide bonds. The minimum Gasteiger partial charge on any atom is -0.390 e. The Morgan fingerprint density at radius 3 is 2.52 bits per heavy atom. The van der Waals surface area contributed by atoms with E-state index in [1.807, 2.05) is 20.9 Å². The molecule has 0 spiro atoms. The van der Waals surface area contributed by atoms with Gasteiger partial charge in [0.15, 0.2) is 4.96 Å². The van der Waals surface area contributed by atoms with Gasteiger partial charge in [0.1, 0.15) is 5.69 Å². The molecular formula is C14H17N3O3S. The Labute approximate surface area is 125 Å². The van der Waals surface area contributed by atoms with Crippen LogP contribution in [-0.4, -0.2) is 55.7 Å². The smallest absolute Gasteiger partial charge is 0.274 e. The van der Waals surface area contributed by atoms with Crippen molar-refractivity contribution < 1.29 is 15.0 Å². The molecule has 2 fully saturated rings. The van der Waals surface area contributed by atoms with Crippen LogP contribution in [0, 0.1) is 11.8 Å². The molecule has 3 heterocycles. The van der Waals surface area contributed by atoms with E-state index in [0.717, 1.165) is 4.96 Å². The molecule has 0 aromatic carbocycles. The summed E-state index contributed by atoms with van der Waals surface area (Å²) in [5.41, 5.74) is 0.474. The summed E-state index contributed by atoms with van der Waals surface area (Å²) < 4.78 is 1.86. The van der Waals surface area contributed by atoms with Crippen molar-refractivity contribution in [1.29, 1.82) is 0 Å². The fourth-order valence-corrected chi connectivity index (χ4v) is 4.27. The maximum absolute atomic E-state index is 12.6. The van der Waals surface area contributed by atoms with E-state index in [1.54, 1.807) is 6.20 Å². The lowest BCUT2D eigenvalue weighted by Gasteiger charge is -2.31. The topological polar surface area (TPSA) is 78.1 Å². The quantitative estimate of drug-likeness (QED) is 0.809. The van der Waals surface area contributed by atoms with Crippen molar-refractivity contribution in [2.24, 2.45) is 11.8 Å². The Morgan fingerprint density at radius 2 is 1.90 bits per heavy atom. The number of aliphatic hydroxyl groups excluding tert-OH is 2. The van der Waals surface area contributed by atoms with Crippen LogP contribution in [0.15, 0.2) is 17.8 Å². The number of aliphatic hydroxyl groups is 2. The van der Waals surface area contributed by atoms with Crippen LogP contribution in [-0.2, 0) is 0 Å². The highest BCUT2D eigenvalue weighted by molar-refractivity contribution is 7.15. The third-order valence-electron chi connectivity index (χ3n) is 4.71. The average molecular weight is 307 g/mol. The lowest BCUT2D eigenvalue weighted by molar-refractivity contribution is -0.0372. The first-order valence-corrected chi connectivity index (χ1v) is 8.07. The van der Waals surface area contributed by atoms with Gasteiger partial charge in [0.05, 0.1) is 12.2 Å². The molecule has 2 aromatic heterocycles. The second-order valence-electron chi connectivity index (χ2n) is 6.06. The van der Waals surface area contributed by atoms with Gasteiger partial charge in [-0.25, -0.2) is 4.98 Å². The van der Waals surface area contributed by atoms with E-state index in [2.05, 4.69) is 4.98 Å². The highest BCUT2D eigenvalue weighted by Crippen LogP contribution is 2.37. The van der Waals surface area contributed by atoms with Crippen LogP contribution in [0.5, 0.6) is 0 Å². The number of aromatic nitrogens is 2. The van der Waals surface area contributed by atoms with Gasteiger partial charge in [-0.15, -0.1) is 11.3 Å². The van der Waals surface area contributed by atoms with Crippen LogP contribution >= 0.6 is 11.3 Å². The van der Waals surface area contributed by atoms with Gasteiger partial charge in [-0.1, -0.05) is 0 Å². The first-order valence-electron chi connectivity index (χ1n) is 7.19. The molecule has 21 heavy (non-hydrogen) atoms. The number of imidazole rings is 1. The van der Waals surface area contributed by atoms with E-state index < -0.39 is 12.2 Å². The van der Waals surface area contributed by atoms with Gasteiger partial charge in [0.25, 0.3) is 5.91 Å². The van der Waals surface area contributed by atoms with Crippen molar-refractivity contribution in [1.82, 2.24) is 14.3 Å². The molecule has 0 radical (unpaired) electrons. The van der Waals surface area contributed by atoms with Crippen LogP contribution < -0.4 is 0 Å². The van der Waals surface area contributed by atoms with Gasteiger partial charge in [-0.05, 0) is 24.7 Å². The van der Waals surface area contributed by atoms with E-state index in [0.29, 0.717) is 31.6 Å². The van der Waals surface area contributed by atoms with E-state index in [-0.39, 0.29) is 17.7 Å². The monoisotopic (exact) mass is 307 g/mol. The largest absolute Gasteiger partial charge is 0.390 e. The number of likely N-dealkylation sites (tertiary alicyclic amines) is 1. The van der Waals surface area contributed by atoms with Crippen LogP contribution in [0.3, 0.4) is 0 Å². The number of carbonyl (C=O) groups excluding carboxylic acids is 1. The standard InChI is InChI=1S/C14H17N3O3S/c18-11-3-8-5-17(6-9(8)4-12(11)19)13(20)10-7-16-1-2-21-14(16)15-10/h1-2,7-9,11-12,18-19H,3-6H2/t8-,9+,11+,12-. The maximum atomic E-state index is 12.6. The summed E-state index contributed by atoms with van der Waals surface area (Å²) in [5, 5.41) is 21.5. The number of hydrogen-bond donors (Lipinski definition) is 2. The summed E-state index contributed by atoms with van der Waals surface area (Å²) in [6.45, 7) is 1.30. The second-order valence-corrected chi connectivity index (χ2v) is 6.93. The first-order chi connectivity index (χ1) is 10.1. The van der Waals surface area contributed by atoms with Crippen LogP contribution in [0.4, 0.5) is 0 Å². The summed E-state index contributed by atoms with van der Waals surface area (Å²) in [6, 6.07) is 0. The van der Waals surface area contributed by atoms with Gasteiger partial charge in [-0.2, -0.15) is 0 Å². The second kappa shape index (κ2) is 4.79. The third-order valence-corrected chi connectivity index (χ3v) is 5.48. The van der Waals surface area contributed by atoms with E-state index >= 15 is 0 Å². The Morgan fingerprint density at radius 1 is 1.24 bits per heavy atom. The Balaban J connectivity index is 1.52. The van der Waals surface area contributed by atoms with Gasteiger partial charge >= 0.3 is 0 Å². The van der Waals surface area contributed by atoms with Crippen LogP contribution in [0.2, 0.25) is 0 Å². The van der Waals surface area contributed by atoms with Crippen LogP contribution in [0.25, 0.3) is 4.96 Å². The van der Waals surface area contributed by atoms with Crippen LogP contribution in [0.1, 0.15) is 23.3 Å². The zero-order valence-corrected chi connectivity index (χ0v) is 12.2. The van der Waals surface area contributed by atoms with Crippen molar-refractivity contribution in [3.05, 3.63) is 23.5 Å². The number of carbonyl (C=O) groups is 1. The Hall–Kier alpha value is -1.44. The highest BCUT2D eigenvalue weighted by Gasteiger charge is 2.42. The molecular weight excluding hydrogens is 290 g/mol. The molecule has 1 saturated heterocycles. The molecule has 7 heteroatoms. The SMILES string of the molecule is O=C(c1cn2ccsc2n1)N1C[C@H]2C[C@H](O)[C@H](O)C[C@H]2C1. The first kappa shape index (κ1) is 13.2. The molecule has 1 saturated carbocycles. The number of nitrogens with zero attached hydrogens (tertiary/aromatic N) is 3. The fourth-order valence-electron chi connectivity index (χ4n) is 3.57. The van der Waals surface area contributed by atoms with Gasteiger partial charge in [0, 0.05) is 30.9 Å². The Kier molecular flexibility index (Phi) is 3.02. The van der Waals surface area contributed by atoms with Gasteiger partial charge in [-0.3, -0.25) is 9.20 Å². The fraction of sp³-hybridized carbons (Fsp3) is 0.571. The predicted octanol–water partition coefficient (Wildman–Crippen LogP) is 0.600. The molecule has 6 nitrogen and oxygen atoms in total. The summed E-state index contributed by atoms with van der Waals surface area (Å²) in [7, 11) is 0. The molecule has 0 unspecified atom stereocenters. The number of amides is 1. The summed E-state index contributed by atoms with van der Waals surface area (Å²) in [6.07, 6.45) is 3.50. The number of hydrogen-bond acceptors (Lipinski definition) is 5. The van der Waals surface area contributed by atoms with Gasteiger partial charge < -0.3 is 15.1 Å². The zero-order valence-electron chi connectivity index (χ0n) is 11.4. The minimum absolute atomic E-state index is 0.0516. The molecule has 2 aliphatic rings. The Bertz CT molecular complexity index is 635. The van der Waals surface area contributed by atoms with Gasteiger partial charge in [0.2, 0.25) is 0 Å². The van der Waals surface area contributed by atoms with Crippen molar-refractivity contribution in [2.45, 2.75) is 25.0 Å². The molecule has 0 bridgehead atoms. The molecule has 112 valence electrons. The molecule has 4 atom stereocenters. The van der Waals surface area contributed by atoms with E-state index in [1.165, 1.54) is 11.3 Å². The number of thiazole rings is 1. The third kappa shape index (κ3) is 2.16. The molecule has 2 aromatic rings. The van der Waals surface area contributed by atoms with Crippen molar-refractivity contribution in [3.63, 3.8) is 0 Å². The number of rotatable bonds is 1.